The Hall–Kier alpha value is -0.840. The van der Waals surface area contributed by atoms with Gasteiger partial charge >= 0.3 is 0 Å². The Kier molecular flexibility index (Phi) is 4.10. The summed E-state index contributed by atoms with van der Waals surface area (Å²) in [7, 11) is 0. The van der Waals surface area contributed by atoms with Crippen molar-refractivity contribution in [1.29, 1.82) is 0 Å². The Bertz CT molecular complexity index is 536. The fraction of sp³-hybridized carbons (Fsp3) is 0.308. The van der Waals surface area contributed by atoms with Crippen LogP contribution in [-0.2, 0) is 0 Å². The molecule has 0 aliphatic heterocycles. The predicted molar refractivity (Wildman–Crippen MR) is 75.8 cm³/mol. The molecule has 2 aromatic rings. The maximum atomic E-state index is 10.4. The SMILES string of the molecule is CC(C)n1ncc(Cl)c1C(O)c1ccc(Br)cc1. The summed E-state index contributed by atoms with van der Waals surface area (Å²) in [6.45, 7) is 4.00. The first-order chi connectivity index (χ1) is 8.50. The van der Waals surface area contributed by atoms with E-state index < -0.39 is 6.10 Å². The van der Waals surface area contributed by atoms with Gasteiger partial charge in [-0.2, -0.15) is 5.10 Å². The average molecular weight is 330 g/mol. The van der Waals surface area contributed by atoms with E-state index in [-0.39, 0.29) is 6.04 Å². The molecule has 0 amide bonds. The smallest absolute Gasteiger partial charge is 0.122 e. The third kappa shape index (κ3) is 2.60. The Labute approximate surface area is 120 Å². The highest BCUT2D eigenvalue weighted by Gasteiger charge is 2.21. The number of hydrogen-bond acceptors (Lipinski definition) is 2. The number of aromatic nitrogens is 2. The molecule has 96 valence electrons. The van der Waals surface area contributed by atoms with Gasteiger partial charge in [0, 0.05) is 10.5 Å². The van der Waals surface area contributed by atoms with Crippen LogP contribution in [0.3, 0.4) is 0 Å². The van der Waals surface area contributed by atoms with Crippen LogP contribution < -0.4 is 0 Å². The summed E-state index contributed by atoms with van der Waals surface area (Å²) in [5, 5.41) is 15.1. The zero-order valence-corrected chi connectivity index (χ0v) is 12.5. The fourth-order valence-corrected chi connectivity index (χ4v) is 2.32. The Morgan fingerprint density at radius 2 is 1.89 bits per heavy atom. The van der Waals surface area contributed by atoms with Crippen LogP contribution in [0.5, 0.6) is 0 Å². The fourth-order valence-electron chi connectivity index (χ4n) is 1.82. The first-order valence-corrected chi connectivity index (χ1v) is 6.84. The molecule has 1 aromatic heterocycles. The van der Waals surface area contributed by atoms with Gasteiger partial charge in [0.15, 0.2) is 0 Å². The lowest BCUT2D eigenvalue weighted by atomic mass is 10.1. The van der Waals surface area contributed by atoms with Crippen LogP contribution in [0.2, 0.25) is 5.02 Å². The number of rotatable bonds is 3. The van der Waals surface area contributed by atoms with E-state index >= 15 is 0 Å². The molecule has 0 aliphatic carbocycles. The zero-order chi connectivity index (χ0) is 13.3. The van der Waals surface area contributed by atoms with Crippen molar-refractivity contribution in [1.82, 2.24) is 9.78 Å². The molecule has 1 heterocycles. The van der Waals surface area contributed by atoms with Crippen molar-refractivity contribution in [3.63, 3.8) is 0 Å². The number of hydrogen-bond donors (Lipinski definition) is 1. The van der Waals surface area contributed by atoms with Crippen molar-refractivity contribution in [3.05, 3.63) is 51.2 Å². The van der Waals surface area contributed by atoms with E-state index in [9.17, 15) is 5.11 Å². The van der Waals surface area contributed by atoms with E-state index in [1.807, 2.05) is 38.1 Å². The molecular formula is C13H14BrClN2O. The molecule has 1 aromatic carbocycles. The molecule has 0 saturated carbocycles. The topological polar surface area (TPSA) is 38.0 Å². The highest BCUT2D eigenvalue weighted by molar-refractivity contribution is 9.10. The van der Waals surface area contributed by atoms with Gasteiger partial charge in [0.05, 0.1) is 16.9 Å². The minimum Gasteiger partial charge on any atom is -0.382 e. The van der Waals surface area contributed by atoms with E-state index in [2.05, 4.69) is 21.0 Å². The Balaban J connectivity index is 2.42. The molecule has 0 aliphatic rings. The molecule has 1 unspecified atom stereocenters. The molecular weight excluding hydrogens is 316 g/mol. The number of nitrogens with zero attached hydrogens (tertiary/aromatic N) is 2. The third-order valence-electron chi connectivity index (χ3n) is 2.72. The summed E-state index contributed by atoms with van der Waals surface area (Å²) in [6.07, 6.45) is 0.800. The van der Waals surface area contributed by atoms with Gasteiger partial charge in [-0.05, 0) is 31.5 Å². The van der Waals surface area contributed by atoms with E-state index in [4.69, 9.17) is 11.6 Å². The van der Waals surface area contributed by atoms with Crippen LogP contribution in [0.1, 0.15) is 37.3 Å². The summed E-state index contributed by atoms with van der Waals surface area (Å²) in [6, 6.07) is 7.66. The van der Waals surface area contributed by atoms with Crippen LogP contribution in [0.15, 0.2) is 34.9 Å². The van der Waals surface area contributed by atoms with Crippen molar-refractivity contribution in [2.24, 2.45) is 0 Å². The standard InChI is InChI=1S/C13H14BrClN2O/c1-8(2)17-12(11(15)7-16-17)13(18)9-3-5-10(14)6-4-9/h3-8,13,18H,1-2H3. The highest BCUT2D eigenvalue weighted by atomic mass is 79.9. The lowest BCUT2D eigenvalue weighted by Crippen LogP contribution is -2.12. The quantitative estimate of drug-likeness (QED) is 0.925. The van der Waals surface area contributed by atoms with Crippen molar-refractivity contribution in [2.45, 2.75) is 26.0 Å². The third-order valence-corrected chi connectivity index (χ3v) is 3.54. The van der Waals surface area contributed by atoms with Gasteiger partial charge in [-0.25, -0.2) is 0 Å². The lowest BCUT2D eigenvalue weighted by molar-refractivity contribution is 0.205. The largest absolute Gasteiger partial charge is 0.382 e. The van der Waals surface area contributed by atoms with Gasteiger partial charge < -0.3 is 5.11 Å². The van der Waals surface area contributed by atoms with Gasteiger partial charge in [-0.15, -0.1) is 0 Å². The van der Waals surface area contributed by atoms with E-state index in [0.29, 0.717) is 10.7 Å². The normalized spacial score (nSPS) is 13.0. The second kappa shape index (κ2) is 5.43. The minimum absolute atomic E-state index is 0.151. The van der Waals surface area contributed by atoms with Crippen LogP contribution in [0.4, 0.5) is 0 Å². The summed E-state index contributed by atoms with van der Waals surface area (Å²) in [5.41, 5.74) is 1.43. The molecule has 0 radical (unpaired) electrons. The molecule has 0 fully saturated rings. The second-order valence-electron chi connectivity index (χ2n) is 4.37. The van der Waals surface area contributed by atoms with Crippen LogP contribution in [0, 0.1) is 0 Å². The van der Waals surface area contributed by atoms with E-state index in [1.54, 1.807) is 10.9 Å². The van der Waals surface area contributed by atoms with Crippen LogP contribution >= 0.6 is 27.5 Å². The summed E-state index contributed by atoms with van der Waals surface area (Å²) in [5.74, 6) is 0. The van der Waals surface area contributed by atoms with Gasteiger partial charge in [-0.3, -0.25) is 4.68 Å². The van der Waals surface area contributed by atoms with E-state index in [1.165, 1.54) is 0 Å². The number of aliphatic hydroxyl groups excluding tert-OH is 1. The summed E-state index contributed by atoms with van der Waals surface area (Å²) in [4.78, 5) is 0. The Morgan fingerprint density at radius 3 is 2.44 bits per heavy atom. The first-order valence-electron chi connectivity index (χ1n) is 5.67. The van der Waals surface area contributed by atoms with Crippen LogP contribution in [0.25, 0.3) is 0 Å². The second-order valence-corrected chi connectivity index (χ2v) is 5.69. The van der Waals surface area contributed by atoms with Crippen molar-refractivity contribution >= 4 is 27.5 Å². The van der Waals surface area contributed by atoms with Gasteiger partial charge in [0.1, 0.15) is 6.10 Å². The molecule has 0 saturated heterocycles. The van der Waals surface area contributed by atoms with Gasteiger partial charge in [0.25, 0.3) is 0 Å². The van der Waals surface area contributed by atoms with E-state index in [0.717, 1.165) is 10.0 Å². The molecule has 1 N–H and O–H groups in total. The number of benzene rings is 1. The van der Waals surface area contributed by atoms with Gasteiger partial charge in [-0.1, -0.05) is 39.7 Å². The molecule has 0 spiro atoms. The first kappa shape index (κ1) is 13.6. The predicted octanol–water partition coefficient (Wildman–Crippen LogP) is 3.96. The monoisotopic (exact) mass is 328 g/mol. The molecule has 18 heavy (non-hydrogen) atoms. The molecule has 0 bridgehead atoms. The Morgan fingerprint density at radius 1 is 1.28 bits per heavy atom. The molecule has 5 heteroatoms. The van der Waals surface area contributed by atoms with Crippen molar-refractivity contribution < 1.29 is 5.11 Å². The van der Waals surface area contributed by atoms with Gasteiger partial charge in [0.2, 0.25) is 0 Å². The van der Waals surface area contributed by atoms with Crippen molar-refractivity contribution in [3.8, 4) is 0 Å². The number of halogens is 2. The summed E-state index contributed by atoms with van der Waals surface area (Å²) < 4.78 is 2.72. The maximum Gasteiger partial charge on any atom is 0.122 e. The van der Waals surface area contributed by atoms with Crippen molar-refractivity contribution in [2.75, 3.05) is 0 Å². The summed E-state index contributed by atoms with van der Waals surface area (Å²) >= 11 is 9.48. The molecule has 3 nitrogen and oxygen atoms in total. The molecule has 2 rings (SSSR count). The lowest BCUT2D eigenvalue weighted by Gasteiger charge is -2.16. The minimum atomic E-state index is -0.768. The highest BCUT2D eigenvalue weighted by Crippen LogP contribution is 2.30. The number of aliphatic hydroxyl groups is 1. The zero-order valence-electron chi connectivity index (χ0n) is 10.1. The maximum absolute atomic E-state index is 10.4. The molecule has 1 atom stereocenters. The average Bonchev–Trinajstić information content (AvgIpc) is 2.71. The van der Waals surface area contributed by atoms with Crippen LogP contribution in [-0.4, -0.2) is 14.9 Å².